The molecule has 2 rings (SSSR count). The van der Waals surface area contributed by atoms with E-state index in [0.717, 1.165) is 12.2 Å². The van der Waals surface area contributed by atoms with Crippen LogP contribution < -0.4 is 10.6 Å². The smallest absolute Gasteiger partial charge is 0.407 e. The summed E-state index contributed by atoms with van der Waals surface area (Å²) in [5.74, 6) is 0.314. The van der Waals surface area contributed by atoms with Crippen LogP contribution in [0.25, 0.3) is 0 Å². The largest absolute Gasteiger partial charge is 0.444 e. The minimum Gasteiger partial charge on any atom is -0.444 e. The molecule has 0 unspecified atom stereocenters. The predicted octanol–water partition coefficient (Wildman–Crippen LogP) is 2.72. The van der Waals surface area contributed by atoms with Crippen LogP contribution in [0.15, 0.2) is 24.3 Å². The number of hydrogen-bond donors (Lipinski definition) is 2. The quantitative estimate of drug-likeness (QED) is 0.846. The van der Waals surface area contributed by atoms with Crippen molar-refractivity contribution in [2.45, 2.75) is 32.3 Å². The molecule has 0 saturated carbocycles. The third kappa shape index (κ3) is 3.15. The van der Waals surface area contributed by atoms with Crippen molar-refractivity contribution in [1.82, 2.24) is 5.32 Å². The molecule has 0 aliphatic carbocycles. The van der Waals surface area contributed by atoms with Gasteiger partial charge >= 0.3 is 6.09 Å². The molecule has 0 bridgehead atoms. The minimum absolute atomic E-state index is 0.314. The summed E-state index contributed by atoms with van der Waals surface area (Å²) in [4.78, 5) is 11.6. The van der Waals surface area contributed by atoms with Gasteiger partial charge in [0, 0.05) is 24.7 Å². The van der Waals surface area contributed by atoms with E-state index in [2.05, 4.69) is 22.8 Å². The van der Waals surface area contributed by atoms with Crippen molar-refractivity contribution in [3.63, 3.8) is 0 Å². The summed E-state index contributed by atoms with van der Waals surface area (Å²) in [6.07, 6.45) is -0.355. The van der Waals surface area contributed by atoms with Crippen LogP contribution in [0.4, 0.5) is 10.5 Å². The van der Waals surface area contributed by atoms with Gasteiger partial charge in [-0.15, -0.1) is 0 Å². The zero-order chi connectivity index (χ0) is 13.2. The van der Waals surface area contributed by atoms with Crippen LogP contribution in [0.2, 0.25) is 0 Å². The van der Waals surface area contributed by atoms with Crippen LogP contribution in [0.3, 0.4) is 0 Å². The Morgan fingerprint density at radius 2 is 2.17 bits per heavy atom. The highest BCUT2D eigenvalue weighted by Crippen LogP contribution is 2.30. The number of carbonyl (C=O) groups excluding carboxylic acids is 1. The van der Waals surface area contributed by atoms with Crippen LogP contribution in [-0.4, -0.2) is 24.8 Å². The lowest BCUT2D eigenvalue weighted by Crippen LogP contribution is -2.35. The van der Waals surface area contributed by atoms with Gasteiger partial charge < -0.3 is 15.4 Å². The first-order valence-electron chi connectivity index (χ1n) is 6.25. The lowest BCUT2D eigenvalue weighted by atomic mass is 10.0. The maximum atomic E-state index is 11.6. The molecule has 4 nitrogen and oxygen atoms in total. The molecule has 2 N–H and O–H groups in total. The van der Waals surface area contributed by atoms with E-state index in [1.165, 1.54) is 5.56 Å². The summed E-state index contributed by atoms with van der Waals surface area (Å²) in [5, 5.41) is 6.15. The van der Waals surface area contributed by atoms with Gasteiger partial charge in [-0.05, 0) is 32.4 Å². The Kier molecular flexibility index (Phi) is 3.45. The van der Waals surface area contributed by atoms with Gasteiger partial charge in [0.2, 0.25) is 0 Å². The van der Waals surface area contributed by atoms with Crippen LogP contribution in [0.1, 0.15) is 32.3 Å². The van der Waals surface area contributed by atoms with Crippen LogP contribution in [0.5, 0.6) is 0 Å². The highest BCUT2D eigenvalue weighted by molar-refractivity contribution is 5.68. The molecule has 4 heteroatoms. The molecule has 18 heavy (non-hydrogen) atoms. The second-order valence-corrected chi connectivity index (χ2v) is 5.55. The summed E-state index contributed by atoms with van der Waals surface area (Å²) in [6, 6.07) is 8.18. The second-order valence-electron chi connectivity index (χ2n) is 5.55. The average molecular weight is 248 g/mol. The fourth-order valence-electron chi connectivity index (χ4n) is 2.06. The van der Waals surface area contributed by atoms with Crippen LogP contribution in [0, 0.1) is 0 Å². The van der Waals surface area contributed by atoms with E-state index in [9.17, 15) is 4.79 Å². The maximum absolute atomic E-state index is 11.6. The topological polar surface area (TPSA) is 50.4 Å². The molecule has 1 amide bonds. The minimum atomic E-state index is -0.448. The summed E-state index contributed by atoms with van der Waals surface area (Å²) in [7, 11) is 0. The number of ether oxygens (including phenoxy) is 1. The number of para-hydroxylation sites is 1. The maximum Gasteiger partial charge on any atom is 0.407 e. The van der Waals surface area contributed by atoms with Gasteiger partial charge in [0.25, 0.3) is 0 Å². The normalized spacial score (nSPS) is 17.8. The summed E-state index contributed by atoms with van der Waals surface area (Å²) < 4.78 is 5.22. The molecule has 1 heterocycles. The van der Waals surface area contributed by atoms with Gasteiger partial charge in [0.15, 0.2) is 0 Å². The second kappa shape index (κ2) is 4.88. The van der Waals surface area contributed by atoms with E-state index in [4.69, 9.17) is 4.74 Å². The van der Waals surface area contributed by atoms with Crippen molar-refractivity contribution in [1.29, 1.82) is 0 Å². The molecule has 1 atom stereocenters. The Bertz CT molecular complexity index is 438. The highest BCUT2D eigenvalue weighted by Gasteiger charge is 2.23. The monoisotopic (exact) mass is 248 g/mol. The molecule has 0 saturated heterocycles. The zero-order valence-electron chi connectivity index (χ0n) is 11.1. The van der Waals surface area contributed by atoms with E-state index >= 15 is 0 Å². The number of amides is 1. The fraction of sp³-hybridized carbons (Fsp3) is 0.500. The first-order chi connectivity index (χ1) is 8.46. The van der Waals surface area contributed by atoms with Crippen molar-refractivity contribution in [3.8, 4) is 0 Å². The standard InChI is InChI=1S/C14H20N2O2/c1-14(2,3)18-13(17)16-9-10-8-15-12-7-5-4-6-11(10)12/h4-7,10,15H,8-9H2,1-3H3,(H,16,17)/t10-/m1/s1. The zero-order valence-corrected chi connectivity index (χ0v) is 11.1. The number of alkyl carbamates (subject to hydrolysis) is 1. The Balaban J connectivity index is 1.87. The van der Waals surface area contributed by atoms with Crippen molar-refractivity contribution < 1.29 is 9.53 Å². The number of carbonyl (C=O) groups is 1. The van der Waals surface area contributed by atoms with Crippen LogP contribution >= 0.6 is 0 Å². The first-order valence-corrected chi connectivity index (χ1v) is 6.25. The number of fused-ring (bicyclic) bond motifs is 1. The van der Waals surface area contributed by atoms with Gasteiger partial charge in [-0.2, -0.15) is 0 Å². The van der Waals surface area contributed by atoms with Gasteiger partial charge in [0.1, 0.15) is 5.60 Å². The SMILES string of the molecule is CC(C)(C)OC(=O)NC[C@H]1CNc2ccccc21. The van der Waals surface area contributed by atoms with Gasteiger partial charge in [-0.1, -0.05) is 18.2 Å². The molecule has 1 aromatic rings. The van der Waals surface area contributed by atoms with Gasteiger partial charge in [0.05, 0.1) is 0 Å². The molecule has 0 spiro atoms. The predicted molar refractivity (Wildman–Crippen MR) is 71.9 cm³/mol. The Labute approximate surface area is 108 Å². The molecular formula is C14H20N2O2. The Morgan fingerprint density at radius 1 is 1.44 bits per heavy atom. The third-order valence-corrected chi connectivity index (χ3v) is 2.83. The lowest BCUT2D eigenvalue weighted by molar-refractivity contribution is 0.0525. The van der Waals surface area contributed by atoms with E-state index < -0.39 is 5.60 Å². The number of rotatable bonds is 2. The Morgan fingerprint density at radius 3 is 2.89 bits per heavy atom. The molecule has 1 aliphatic heterocycles. The van der Waals surface area contributed by atoms with Gasteiger partial charge in [-0.25, -0.2) is 4.79 Å². The highest BCUT2D eigenvalue weighted by atomic mass is 16.6. The molecule has 0 fully saturated rings. The van der Waals surface area contributed by atoms with E-state index in [0.29, 0.717) is 12.5 Å². The van der Waals surface area contributed by atoms with Crippen molar-refractivity contribution in [2.75, 3.05) is 18.4 Å². The molecule has 0 aromatic heterocycles. The van der Waals surface area contributed by atoms with Crippen LogP contribution in [-0.2, 0) is 4.74 Å². The van der Waals surface area contributed by atoms with Crippen molar-refractivity contribution in [3.05, 3.63) is 29.8 Å². The summed E-state index contributed by atoms with van der Waals surface area (Å²) >= 11 is 0. The third-order valence-electron chi connectivity index (χ3n) is 2.83. The first kappa shape index (κ1) is 12.7. The van der Waals surface area contributed by atoms with E-state index in [-0.39, 0.29) is 6.09 Å². The fourth-order valence-corrected chi connectivity index (χ4v) is 2.06. The Hall–Kier alpha value is -1.71. The average Bonchev–Trinajstić information content (AvgIpc) is 2.67. The van der Waals surface area contributed by atoms with E-state index in [1.54, 1.807) is 0 Å². The van der Waals surface area contributed by atoms with Gasteiger partial charge in [-0.3, -0.25) is 0 Å². The summed E-state index contributed by atoms with van der Waals surface area (Å²) in [6.45, 7) is 7.03. The number of nitrogens with one attached hydrogen (secondary N) is 2. The molecule has 0 radical (unpaired) electrons. The summed E-state index contributed by atoms with van der Waals surface area (Å²) in [5.41, 5.74) is 1.97. The number of benzene rings is 1. The molecular weight excluding hydrogens is 228 g/mol. The number of anilines is 1. The molecule has 98 valence electrons. The number of hydrogen-bond acceptors (Lipinski definition) is 3. The molecule has 1 aliphatic rings. The van der Waals surface area contributed by atoms with E-state index in [1.807, 2.05) is 32.9 Å². The van der Waals surface area contributed by atoms with Crippen molar-refractivity contribution >= 4 is 11.8 Å². The molecule has 1 aromatic carbocycles. The lowest BCUT2D eigenvalue weighted by Gasteiger charge is -2.20. The van der Waals surface area contributed by atoms with Crippen molar-refractivity contribution in [2.24, 2.45) is 0 Å².